The zero-order valence-electron chi connectivity index (χ0n) is 15.7. The fourth-order valence-corrected chi connectivity index (χ4v) is 5.66. The van der Waals surface area contributed by atoms with Crippen LogP contribution in [0.4, 0.5) is 0 Å². The number of Topliss-reactive ketones (excluding diaryl/α,β-unsaturated/α-hetero) is 1. The summed E-state index contributed by atoms with van der Waals surface area (Å²) in [6.45, 7) is -0.412. The summed E-state index contributed by atoms with van der Waals surface area (Å²) in [7, 11) is 0. The molecule has 2 aliphatic carbocycles. The number of fused-ring (bicyclic) bond motifs is 5. The number of ketones is 1. The molecule has 2 aromatic rings. The Bertz CT molecular complexity index is 1070. The number of imide groups is 1. The summed E-state index contributed by atoms with van der Waals surface area (Å²) in [5.41, 5.74) is 0.136. The molecule has 1 aromatic heterocycles. The third-order valence-corrected chi connectivity index (χ3v) is 7.36. The number of carbonyl (C=O) groups is 4. The second-order valence-corrected chi connectivity index (χ2v) is 9.09. The molecule has 1 saturated carbocycles. The van der Waals surface area contributed by atoms with E-state index < -0.39 is 36.1 Å². The van der Waals surface area contributed by atoms with Gasteiger partial charge in [-0.3, -0.25) is 19.2 Å². The molecule has 2 heterocycles. The zero-order valence-corrected chi connectivity index (χ0v) is 17.3. The first-order valence-electron chi connectivity index (χ1n) is 9.66. The molecule has 1 aliphatic heterocycles. The second kappa shape index (κ2) is 7.18. The second-order valence-electron chi connectivity index (χ2n) is 7.73. The predicted octanol–water partition coefficient (Wildman–Crippen LogP) is 3.45. The highest BCUT2D eigenvalue weighted by Gasteiger charge is 2.61. The molecule has 4 atom stereocenters. The summed E-state index contributed by atoms with van der Waals surface area (Å²) in [5, 5.41) is 3.83. The number of thiophene rings is 1. The highest BCUT2D eigenvalue weighted by molar-refractivity contribution is 7.12. The van der Waals surface area contributed by atoms with Crippen molar-refractivity contribution in [3.63, 3.8) is 0 Å². The normalized spacial score (nSPS) is 26.4. The first-order valence-corrected chi connectivity index (χ1v) is 10.9. The lowest BCUT2D eigenvalue weighted by molar-refractivity contribution is -0.154. The van der Waals surface area contributed by atoms with Crippen LogP contribution < -0.4 is 0 Å². The largest absolute Gasteiger partial charge is 0.291 e. The van der Waals surface area contributed by atoms with Gasteiger partial charge in [-0.15, -0.1) is 11.3 Å². The Hall–Kier alpha value is -2.77. The number of halogens is 1. The molecule has 1 aromatic carbocycles. The van der Waals surface area contributed by atoms with Gasteiger partial charge < -0.3 is 0 Å². The SMILES string of the molecule is O=C(CN(C(=O)c1ccccc1Cl)N1C(=O)[C@@H]2[C@H](C1=O)[C@H]1C=C[C@H]2C1)c1cccs1. The predicted molar refractivity (Wildman–Crippen MR) is 111 cm³/mol. The van der Waals surface area contributed by atoms with Crippen LogP contribution in [0.3, 0.4) is 0 Å². The molecule has 5 rings (SSSR count). The Kier molecular flexibility index (Phi) is 4.60. The van der Waals surface area contributed by atoms with Gasteiger partial charge in [0.05, 0.1) is 27.3 Å². The van der Waals surface area contributed by atoms with Crippen LogP contribution in [0.15, 0.2) is 53.9 Å². The van der Waals surface area contributed by atoms with Crippen molar-refractivity contribution in [3.05, 3.63) is 69.4 Å². The van der Waals surface area contributed by atoms with Crippen LogP contribution in [-0.2, 0) is 9.59 Å². The van der Waals surface area contributed by atoms with Crippen LogP contribution in [0, 0.1) is 23.7 Å². The molecule has 3 amide bonds. The fourth-order valence-electron chi connectivity index (χ4n) is 4.78. The number of benzene rings is 1. The van der Waals surface area contributed by atoms with Crippen LogP contribution in [-0.4, -0.2) is 40.1 Å². The summed E-state index contributed by atoms with van der Waals surface area (Å²) in [5.74, 6) is -2.74. The van der Waals surface area contributed by atoms with Crippen molar-refractivity contribution in [2.24, 2.45) is 23.7 Å². The van der Waals surface area contributed by atoms with Crippen molar-refractivity contribution in [2.75, 3.05) is 6.54 Å². The van der Waals surface area contributed by atoms with Gasteiger partial charge in [-0.05, 0) is 41.8 Å². The topological polar surface area (TPSA) is 74.8 Å². The van der Waals surface area contributed by atoms with Gasteiger partial charge in [0, 0.05) is 0 Å². The van der Waals surface area contributed by atoms with Gasteiger partial charge in [-0.1, -0.05) is 42.0 Å². The molecule has 6 nitrogen and oxygen atoms in total. The van der Waals surface area contributed by atoms with E-state index in [0.717, 1.165) is 16.4 Å². The number of allylic oxidation sites excluding steroid dienone is 2. The molecule has 0 radical (unpaired) electrons. The number of rotatable bonds is 5. The molecule has 2 fully saturated rings. The summed E-state index contributed by atoms with van der Waals surface area (Å²) in [6.07, 6.45) is 4.75. The number of hydrazine groups is 1. The monoisotopic (exact) mass is 440 g/mol. The van der Waals surface area contributed by atoms with Crippen molar-refractivity contribution >= 4 is 46.4 Å². The summed E-state index contributed by atoms with van der Waals surface area (Å²) >= 11 is 7.45. The number of hydrogen-bond donors (Lipinski definition) is 0. The van der Waals surface area contributed by atoms with Gasteiger partial charge in [0.1, 0.15) is 6.54 Å². The van der Waals surface area contributed by atoms with Gasteiger partial charge in [0.25, 0.3) is 17.7 Å². The average Bonchev–Trinajstić information content (AvgIpc) is 3.52. The van der Waals surface area contributed by atoms with Gasteiger partial charge in [-0.2, -0.15) is 5.01 Å². The lowest BCUT2D eigenvalue weighted by Gasteiger charge is -2.30. The smallest absolute Gasteiger partial charge is 0.274 e. The van der Waals surface area contributed by atoms with Crippen molar-refractivity contribution in [2.45, 2.75) is 6.42 Å². The maximum atomic E-state index is 13.4. The summed E-state index contributed by atoms with van der Waals surface area (Å²) < 4.78 is 0. The zero-order chi connectivity index (χ0) is 21.0. The Morgan fingerprint density at radius 1 is 1.03 bits per heavy atom. The van der Waals surface area contributed by atoms with Crippen LogP contribution in [0.25, 0.3) is 0 Å². The minimum atomic E-state index is -0.646. The Morgan fingerprint density at radius 2 is 1.70 bits per heavy atom. The molecule has 30 heavy (non-hydrogen) atoms. The summed E-state index contributed by atoms with van der Waals surface area (Å²) in [6, 6.07) is 9.78. The quantitative estimate of drug-likeness (QED) is 0.405. The van der Waals surface area contributed by atoms with E-state index in [0.29, 0.717) is 4.88 Å². The fraction of sp³-hybridized carbons (Fsp3) is 0.273. The molecule has 2 bridgehead atoms. The maximum absolute atomic E-state index is 13.4. The standard InChI is InChI=1S/C22H17ClN2O4S/c23-15-5-2-1-4-14(15)20(27)24(11-16(26)17-6-3-9-30-17)25-21(28)18-12-7-8-13(10-12)19(18)22(25)29/h1-9,12-13,18-19H,10-11H2/t12-,13-,18-,19+/m0/s1. The molecule has 3 aliphatic rings. The third-order valence-electron chi connectivity index (χ3n) is 6.12. The number of carbonyl (C=O) groups excluding carboxylic acids is 4. The van der Waals surface area contributed by atoms with E-state index in [4.69, 9.17) is 11.6 Å². The van der Waals surface area contributed by atoms with E-state index in [1.54, 1.807) is 35.7 Å². The highest BCUT2D eigenvalue weighted by atomic mass is 35.5. The minimum Gasteiger partial charge on any atom is -0.291 e. The molecule has 0 unspecified atom stereocenters. The molecular formula is C22H17ClN2O4S. The average molecular weight is 441 g/mol. The molecular weight excluding hydrogens is 424 g/mol. The number of nitrogens with zero attached hydrogens (tertiary/aromatic N) is 2. The number of hydrogen-bond acceptors (Lipinski definition) is 5. The summed E-state index contributed by atoms with van der Waals surface area (Å²) in [4.78, 5) is 53.2. The lowest BCUT2D eigenvalue weighted by Crippen LogP contribution is -2.52. The highest BCUT2D eigenvalue weighted by Crippen LogP contribution is 2.52. The van der Waals surface area contributed by atoms with E-state index in [9.17, 15) is 19.2 Å². The molecule has 1 saturated heterocycles. The lowest BCUT2D eigenvalue weighted by atomic mass is 9.85. The van der Waals surface area contributed by atoms with E-state index in [1.165, 1.54) is 17.4 Å². The van der Waals surface area contributed by atoms with E-state index >= 15 is 0 Å². The van der Waals surface area contributed by atoms with E-state index in [2.05, 4.69) is 0 Å². The van der Waals surface area contributed by atoms with E-state index in [-0.39, 0.29) is 28.2 Å². The number of amides is 3. The van der Waals surface area contributed by atoms with Gasteiger partial charge >= 0.3 is 0 Å². The minimum absolute atomic E-state index is 0.00622. The van der Waals surface area contributed by atoms with Crippen molar-refractivity contribution < 1.29 is 19.2 Å². The molecule has 152 valence electrons. The van der Waals surface area contributed by atoms with Gasteiger partial charge in [0.2, 0.25) is 0 Å². The van der Waals surface area contributed by atoms with E-state index in [1.807, 2.05) is 12.2 Å². The molecule has 0 N–H and O–H groups in total. The van der Waals surface area contributed by atoms with Crippen LogP contribution in [0.2, 0.25) is 5.02 Å². The Labute approximate surface area is 181 Å². The third kappa shape index (κ3) is 2.84. The molecule has 8 heteroatoms. The maximum Gasteiger partial charge on any atom is 0.274 e. The van der Waals surface area contributed by atoms with Gasteiger partial charge in [-0.25, -0.2) is 5.01 Å². The van der Waals surface area contributed by atoms with Crippen LogP contribution >= 0.6 is 22.9 Å². The van der Waals surface area contributed by atoms with Crippen LogP contribution in [0.5, 0.6) is 0 Å². The van der Waals surface area contributed by atoms with Crippen molar-refractivity contribution in [1.82, 2.24) is 10.0 Å². The van der Waals surface area contributed by atoms with Crippen molar-refractivity contribution in [1.29, 1.82) is 0 Å². The van der Waals surface area contributed by atoms with Gasteiger partial charge in [0.15, 0.2) is 5.78 Å². The first-order chi connectivity index (χ1) is 14.5. The van der Waals surface area contributed by atoms with Crippen LogP contribution in [0.1, 0.15) is 26.5 Å². The molecule has 0 spiro atoms. The Morgan fingerprint density at radius 3 is 2.30 bits per heavy atom. The first kappa shape index (κ1) is 19.2. The van der Waals surface area contributed by atoms with Crippen molar-refractivity contribution in [3.8, 4) is 0 Å². The Balaban J connectivity index is 1.52.